The molecule has 0 aliphatic carbocycles. The summed E-state index contributed by atoms with van der Waals surface area (Å²) in [5, 5.41) is 10.5. The second kappa shape index (κ2) is 5.43. The molecule has 0 heterocycles. The Labute approximate surface area is 42.6 Å². The summed E-state index contributed by atoms with van der Waals surface area (Å²) >= 11 is 0. The van der Waals surface area contributed by atoms with Gasteiger partial charge < -0.3 is 9.94 Å². The summed E-state index contributed by atoms with van der Waals surface area (Å²) in [5.41, 5.74) is 0. The van der Waals surface area contributed by atoms with Gasteiger partial charge in [-0.3, -0.25) is 0 Å². The predicted octanol–water partition coefficient (Wildman–Crippen LogP) is 0.483. The van der Waals surface area contributed by atoms with Crippen LogP contribution in [0, 0.1) is 0 Å². The van der Waals surface area contributed by atoms with Gasteiger partial charge in [0.25, 0.3) is 0 Å². The molecule has 0 unspecified atom stereocenters. The van der Waals surface area contributed by atoms with Crippen LogP contribution in [0.1, 0.15) is 6.92 Å². The summed E-state index contributed by atoms with van der Waals surface area (Å²) in [6, 6.07) is 0. The molecule has 3 heteroatoms. The first kappa shape index (κ1) is 6.43. The third-order valence-corrected chi connectivity index (χ3v) is 0.478. The van der Waals surface area contributed by atoms with Gasteiger partial charge in [-0.05, 0) is 6.92 Å². The largest absolute Gasteiger partial charge is 0.411 e. The molecule has 0 aromatic heterocycles. The minimum Gasteiger partial charge on any atom is -0.411 e. The summed E-state index contributed by atoms with van der Waals surface area (Å²) in [7, 11) is 0. The van der Waals surface area contributed by atoms with Crippen molar-refractivity contribution in [2.45, 2.75) is 6.92 Å². The Morgan fingerprint density at radius 2 is 2.57 bits per heavy atom. The minimum atomic E-state index is 0.396. The fraction of sp³-hybridized carbons (Fsp3) is 0.750. The number of oxime groups is 1. The molecule has 0 rings (SSSR count). The molecule has 42 valence electrons. The van der Waals surface area contributed by atoms with Crippen molar-refractivity contribution in [2.24, 2.45) is 5.16 Å². The molecule has 0 amide bonds. The van der Waals surface area contributed by atoms with Gasteiger partial charge in [0.05, 0.1) is 12.8 Å². The first-order valence-corrected chi connectivity index (χ1v) is 2.15. The zero-order valence-electron chi connectivity index (χ0n) is 4.29. The molecule has 0 saturated heterocycles. The summed E-state index contributed by atoms with van der Waals surface area (Å²) in [6.07, 6.45) is 1.30. The molecule has 0 radical (unpaired) electrons. The van der Waals surface area contributed by atoms with Crippen LogP contribution in [-0.2, 0) is 4.74 Å². The van der Waals surface area contributed by atoms with Crippen molar-refractivity contribution in [3.63, 3.8) is 0 Å². The smallest absolute Gasteiger partial charge is 0.0851 e. The van der Waals surface area contributed by atoms with E-state index in [4.69, 9.17) is 9.94 Å². The average molecular weight is 103 g/mol. The monoisotopic (exact) mass is 103 g/mol. The molecule has 0 spiro atoms. The van der Waals surface area contributed by atoms with E-state index in [9.17, 15) is 0 Å². The number of hydrogen-bond acceptors (Lipinski definition) is 3. The van der Waals surface area contributed by atoms with Crippen LogP contribution >= 0.6 is 0 Å². The molecule has 0 bridgehead atoms. The molecule has 0 fully saturated rings. The topological polar surface area (TPSA) is 41.8 Å². The number of nitrogens with zero attached hydrogens (tertiary/aromatic N) is 1. The van der Waals surface area contributed by atoms with Crippen LogP contribution in [0.15, 0.2) is 5.16 Å². The van der Waals surface area contributed by atoms with E-state index in [0.29, 0.717) is 13.2 Å². The van der Waals surface area contributed by atoms with Gasteiger partial charge in [-0.1, -0.05) is 5.16 Å². The van der Waals surface area contributed by atoms with Crippen molar-refractivity contribution in [2.75, 3.05) is 13.2 Å². The van der Waals surface area contributed by atoms with Gasteiger partial charge in [-0.25, -0.2) is 0 Å². The molecule has 0 saturated carbocycles. The normalized spacial score (nSPS) is 10.4. The van der Waals surface area contributed by atoms with Crippen LogP contribution in [0.25, 0.3) is 0 Å². The second-order valence-corrected chi connectivity index (χ2v) is 0.958. The van der Waals surface area contributed by atoms with Gasteiger partial charge in [0.1, 0.15) is 0 Å². The Balaban J connectivity index is 2.69. The van der Waals surface area contributed by atoms with Crippen molar-refractivity contribution >= 4 is 6.21 Å². The zero-order chi connectivity index (χ0) is 5.54. The van der Waals surface area contributed by atoms with Gasteiger partial charge in [0.2, 0.25) is 0 Å². The Morgan fingerprint density at radius 1 is 1.86 bits per heavy atom. The van der Waals surface area contributed by atoms with Crippen molar-refractivity contribution < 1.29 is 9.94 Å². The Bertz CT molecular complexity index is 53.7. The van der Waals surface area contributed by atoms with Gasteiger partial charge in [-0.2, -0.15) is 0 Å². The fourth-order valence-corrected chi connectivity index (χ4v) is 0.204. The molecular formula is C4H9NO2. The maximum Gasteiger partial charge on any atom is 0.0851 e. The van der Waals surface area contributed by atoms with Crippen LogP contribution in [0.3, 0.4) is 0 Å². The van der Waals surface area contributed by atoms with E-state index in [1.807, 2.05) is 6.92 Å². The molecule has 0 aliphatic heterocycles. The van der Waals surface area contributed by atoms with Gasteiger partial charge >= 0.3 is 0 Å². The standard InChI is InChI=1S/C4H9NO2/c1-2-7-4-3-5-6/h3,6H,2,4H2,1H3. The maximum absolute atomic E-state index is 7.78. The third kappa shape index (κ3) is 5.43. The highest BCUT2D eigenvalue weighted by Gasteiger charge is 1.72. The highest BCUT2D eigenvalue weighted by Crippen LogP contribution is 1.65. The SMILES string of the molecule is CCOCC=NO. The Hall–Kier alpha value is -0.570. The zero-order valence-corrected chi connectivity index (χ0v) is 4.29. The van der Waals surface area contributed by atoms with E-state index in [1.165, 1.54) is 6.21 Å². The molecular weight excluding hydrogens is 94.0 g/mol. The van der Waals surface area contributed by atoms with Gasteiger partial charge in [0, 0.05) is 6.61 Å². The molecule has 7 heavy (non-hydrogen) atoms. The van der Waals surface area contributed by atoms with Crippen LogP contribution in [0.2, 0.25) is 0 Å². The fourth-order valence-electron chi connectivity index (χ4n) is 0.204. The van der Waals surface area contributed by atoms with E-state index >= 15 is 0 Å². The first-order chi connectivity index (χ1) is 3.41. The van der Waals surface area contributed by atoms with Crippen LogP contribution < -0.4 is 0 Å². The van der Waals surface area contributed by atoms with E-state index < -0.39 is 0 Å². The third-order valence-electron chi connectivity index (χ3n) is 0.478. The Kier molecular flexibility index (Phi) is 4.99. The minimum absolute atomic E-state index is 0.396. The van der Waals surface area contributed by atoms with Crippen molar-refractivity contribution in [3.8, 4) is 0 Å². The lowest BCUT2D eigenvalue weighted by molar-refractivity contribution is 0.187. The lowest BCUT2D eigenvalue weighted by Crippen LogP contribution is -1.92. The maximum atomic E-state index is 7.78. The van der Waals surface area contributed by atoms with Gasteiger partial charge in [0.15, 0.2) is 0 Å². The lowest BCUT2D eigenvalue weighted by Gasteiger charge is -1.88. The van der Waals surface area contributed by atoms with Crippen molar-refractivity contribution in [1.82, 2.24) is 0 Å². The lowest BCUT2D eigenvalue weighted by atomic mass is 10.8. The highest BCUT2D eigenvalue weighted by atomic mass is 16.5. The van der Waals surface area contributed by atoms with Crippen LogP contribution in [-0.4, -0.2) is 24.6 Å². The highest BCUT2D eigenvalue weighted by molar-refractivity contribution is 5.57. The number of rotatable bonds is 3. The summed E-state index contributed by atoms with van der Waals surface area (Å²) in [6.45, 7) is 2.93. The summed E-state index contributed by atoms with van der Waals surface area (Å²) in [5.74, 6) is 0. The van der Waals surface area contributed by atoms with Crippen molar-refractivity contribution in [1.29, 1.82) is 0 Å². The molecule has 1 N–H and O–H groups in total. The molecule has 0 atom stereocenters. The van der Waals surface area contributed by atoms with Crippen molar-refractivity contribution in [3.05, 3.63) is 0 Å². The van der Waals surface area contributed by atoms with Crippen LogP contribution in [0.5, 0.6) is 0 Å². The predicted molar refractivity (Wildman–Crippen MR) is 26.8 cm³/mol. The van der Waals surface area contributed by atoms with E-state index in [0.717, 1.165) is 0 Å². The number of hydrogen-bond donors (Lipinski definition) is 1. The molecule has 3 nitrogen and oxygen atoms in total. The van der Waals surface area contributed by atoms with E-state index in [1.54, 1.807) is 0 Å². The molecule has 0 aromatic carbocycles. The van der Waals surface area contributed by atoms with E-state index in [-0.39, 0.29) is 0 Å². The molecule has 0 aromatic rings. The van der Waals surface area contributed by atoms with Crippen LogP contribution in [0.4, 0.5) is 0 Å². The summed E-state index contributed by atoms with van der Waals surface area (Å²) in [4.78, 5) is 0. The quantitative estimate of drug-likeness (QED) is 0.244. The van der Waals surface area contributed by atoms with E-state index in [2.05, 4.69) is 5.16 Å². The molecule has 0 aliphatic rings. The average Bonchev–Trinajstić information content (AvgIpc) is 1.69. The first-order valence-electron chi connectivity index (χ1n) is 2.15. The number of ether oxygens (including phenoxy) is 1. The summed E-state index contributed by atoms with van der Waals surface area (Å²) < 4.78 is 4.76. The van der Waals surface area contributed by atoms with Gasteiger partial charge in [-0.15, -0.1) is 0 Å². The second-order valence-electron chi connectivity index (χ2n) is 0.958. The Morgan fingerprint density at radius 3 is 3.00 bits per heavy atom.